The second-order valence-electron chi connectivity index (χ2n) is 10.1. The van der Waals surface area contributed by atoms with Crippen molar-refractivity contribution in [3.05, 3.63) is 70.3 Å². The highest BCUT2D eigenvalue weighted by atomic mass is 16.1. The molecule has 0 atom stereocenters. The second-order valence-corrected chi connectivity index (χ2v) is 10.1. The minimum absolute atomic E-state index is 0.0197. The average Bonchev–Trinajstić information content (AvgIpc) is 3.18. The minimum atomic E-state index is 0.0197. The first-order valence-electron chi connectivity index (χ1n) is 11.9. The van der Waals surface area contributed by atoms with Crippen LogP contribution in [-0.2, 0) is 12.0 Å². The molecule has 1 fully saturated rings. The molecule has 33 heavy (non-hydrogen) atoms. The Bertz CT molecular complexity index is 1340. The molecule has 0 radical (unpaired) electrons. The molecule has 1 saturated heterocycles. The predicted octanol–water partition coefficient (Wildman–Crippen LogP) is 4.31. The summed E-state index contributed by atoms with van der Waals surface area (Å²) in [5.41, 5.74) is 5.19. The largest absolute Gasteiger partial charge is 0.369 e. The van der Waals surface area contributed by atoms with Crippen LogP contribution in [-0.4, -0.2) is 52.2 Å². The highest BCUT2D eigenvalue weighted by Gasteiger charge is 2.20. The number of nitrogens with one attached hydrogen (secondary N) is 1. The number of fused-ring (bicyclic) bond motifs is 3. The molecule has 1 aliphatic heterocycles. The van der Waals surface area contributed by atoms with Gasteiger partial charge in [-0.15, -0.1) is 0 Å². The van der Waals surface area contributed by atoms with Crippen molar-refractivity contribution in [1.29, 1.82) is 0 Å². The van der Waals surface area contributed by atoms with Gasteiger partial charge in [0.25, 0.3) is 5.56 Å². The SMILES string of the molecule is Cc1nc2c([nH]c3ccccc32)c(=O)n1CCN1CCN(c2ccc(C(C)(C)C)cc2)CC1. The monoisotopic (exact) mass is 443 g/mol. The fourth-order valence-corrected chi connectivity index (χ4v) is 4.81. The molecule has 172 valence electrons. The maximum absolute atomic E-state index is 13.2. The number of benzene rings is 2. The molecule has 1 aliphatic rings. The summed E-state index contributed by atoms with van der Waals surface area (Å²) in [4.78, 5) is 26.1. The summed E-state index contributed by atoms with van der Waals surface area (Å²) < 4.78 is 1.81. The molecule has 0 bridgehead atoms. The van der Waals surface area contributed by atoms with Gasteiger partial charge in [-0.2, -0.15) is 0 Å². The van der Waals surface area contributed by atoms with Crippen LogP contribution in [0.5, 0.6) is 0 Å². The van der Waals surface area contributed by atoms with Gasteiger partial charge < -0.3 is 9.88 Å². The fourth-order valence-electron chi connectivity index (χ4n) is 4.81. The number of aromatic amines is 1. The van der Waals surface area contributed by atoms with Gasteiger partial charge in [-0.3, -0.25) is 14.3 Å². The van der Waals surface area contributed by atoms with Crippen molar-refractivity contribution < 1.29 is 0 Å². The number of anilines is 1. The average molecular weight is 444 g/mol. The summed E-state index contributed by atoms with van der Waals surface area (Å²) in [6.07, 6.45) is 0. The standard InChI is InChI=1S/C27H33N5O/c1-19-28-24-22-7-5-6-8-23(22)29-25(24)26(33)32(19)18-15-30-13-16-31(17-14-30)21-11-9-20(10-12-21)27(2,3)4/h5-12,29H,13-18H2,1-4H3. The third-order valence-corrected chi connectivity index (χ3v) is 6.91. The molecule has 0 unspecified atom stereocenters. The van der Waals surface area contributed by atoms with E-state index in [4.69, 9.17) is 4.98 Å². The zero-order chi connectivity index (χ0) is 23.2. The Kier molecular flexibility index (Phi) is 5.49. The van der Waals surface area contributed by atoms with Crippen molar-refractivity contribution in [3.8, 4) is 0 Å². The van der Waals surface area contributed by atoms with Crippen molar-refractivity contribution in [2.75, 3.05) is 37.6 Å². The minimum Gasteiger partial charge on any atom is -0.369 e. The van der Waals surface area contributed by atoms with Crippen LogP contribution in [0.1, 0.15) is 32.2 Å². The number of hydrogen-bond acceptors (Lipinski definition) is 4. The number of rotatable bonds is 4. The lowest BCUT2D eigenvalue weighted by molar-refractivity contribution is 0.246. The van der Waals surface area contributed by atoms with E-state index in [2.05, 4.69) is 59.8 Å². The fraction of sp³-hybridized carbons (Fsp3) is 0.407. The molecule has 2 aromatic carbocycles. The Labute approximate surface area is 194 Å². The molecule has 0 spiro atoms. The van der Waals surface area contributed by atoms with Crippen LogP contribution in [0.3, 0.4) is 0 Å². The molecule has 0 saturated carbocycles. The summed E-state index contributed by atoms with van der Waals surface area (Å²) in [5.74, 6) is 0.773. The Morgan fingerprint density at radius 3 is 2.33 bits per heavy atom. The molecule has 0 aliphatic carbocycles. The van der Waals surface area contributed by atoms with Crippen molar-refractivity contribution in [3.63, 3.8) is 0 Å². The maximum atomic E-state index is 13.2. The van der Waals surface area contributed by atoms with Crippen molar-refractivity contribution in [1.82, 2.24) is 19.4 Å². The van der Waals surface area contributed by atoms with E-state index in [0.29, 0.717) is 12.1 Å². The van der Waals surface area contributed by atoms with Crippen molar-refractivity contribution in [2.45, 2.75) is 39.7 Å². The van der Waals surface area contributed by atoms with Gasteiger partial charge in [0.1, 0.15) is 16.9 Å². The molecule has 6 heteroatoms. The molecule has 0 amide bonds. The molecule has 4 aromatic rings. The maximum Gasteiger partial charge on any atom is 0.277 e. The molecular formula is C27H33N5O. The number of aromatic nitrogens is 3. The normalized spacial score (nSPS) is 15.6. The first-order chi connectivity index (χ1) is 15.8. The lowest BCUT2D eigenvalue weighted by Gasteiger charge is -2.36. The number of H-pyrrole nitrogens is 1. The first kappa shape index (κ1) is 21.7. The number of hydrogen-bond donors (Lipinski definition) is 1. The Morgan fingerprint density at radius 1 is 0.939 bits per heavy atom. The number of piperazine rings is 1. The van der Waals surface area contributed by atoms with Gasteiger partial charge in [-0.1, -0.05) is 51.1 Å². The summed E-state index contributed by atoms with van der Waals surface area (Å²) >= 11 is 0. The van der Waals surface area contributed by atoms with Gasteiger partial charge in [-0.25, -0.2) is 4.98 Å². The third kappa shape index (κ3) is 4.15. The molecular weight excluding hydrogens is 410 g/mol. The van der Waals surface area contributed by atoms with Gasteiger partial charge in [-0.05, 0) is 36.1 Å². The summed E-state index contributed by atoms with van der Waals surface area (Å²) in [6, 6.07) is 17.0. The lowest BCUT2D eigenvalue weighted by Crippen LogP contribution is -2.47. The van der Waals surface area contributed by atoms with Gasteiger partial charge in [0.2, 0.25) is 0 Å². The van der Waals surface area contributed by atoms with E-state index in [0.717, 1.165) is 55.0 Å². The van der Waals surface area contributed by atoms with Crippen LogP contribution in [0.25, 0.3) is 21.9 Å². The van der Waals surface area contributed by atoms with Crippen LogP contribution in [0.4, 0.5) is 5.69 Å². The van der Waals surface area contributed by atoms with E-state index in [1.54, 1.807) is 0 Å². The van der Waals surface area contributed by atoms with Crippen LogP contribution >= 0.6 is 0 Å². The Hall–Kier alpha value is -3.12. The van der Waals surface area contributed by atoms with Gasteiger partial charge >= 0.3 is 0 Å². The van der Waals surface area contributed by atoms with Crippen molar-refractivity contribution >= 4 is 27.6 Å². The highest BCUT2D eigenvalue weighted by Crippen LogP contribution is 2.25. The Balaban J connectivity index is 1.25. The van der Waals surface area contributed by atoms with E-state index >= 15 is 0 Å². The Morgan fingerprint density at radius 2 is 1.64 bits per heavy atom. The van der Waals surface area contributed by atoms with Crippen LogP contribution in [0, 0.1) is 6.92 Å². The molecule has 6 nitrogen and oxygen atoms in total. The quantitative estimate of drug-likeness (QED) is 0.511. The zero-order valence-corrected chi connectivity index (χ0v) is 20.1. The van der Waals surface area contributed by atoms with Crippen LogP contribution in [0.15, 0.2) is 53.3 Å². The third-order valence-electron chi connectivity index (χ3n) is 6.91. The van der Waals surface area contributed by atoms with E-state index < -0.39 is 0 Å². The summed E-state index contributed by atoms with van der Waals surface area (Å²) in [7, 11) is 0. The molecule has 3 heterocycles. The molecule has 2 aromatic heterocycles. The number of nitrogens with zero attached hydrogens (tertiary/aromatic N) is 4. The van der Waals surface area contributed by atoms with Crippen LogP contribution in [0.2, 0.25) is 0 Å². The van der Waals surface area contributed by atoms with E-state index in [1.165, 1.54) is 11.3 Å². The zero-order valence-electron chi connectivity index (χ0n) is 20.1. The van der Waals surface area contributed by atoms with E-state index in [1.807, 2.05) is 35.8 Å². The lowest BCUT2D eigenvalue weighted by atomic mass is 9.87. The van der Waals surface area contributed by atoms with Crippen molar-refractivity contribution in [2.24, 2.45) is 0 Å². The summed E-state index contributed by atoms with van der Waals surface area (Å²) in [6.45, 7) is 14.2. The smallest absolute Gasteiger partial charge is 0.277 e. The van der Waals surface area contributed by atoms with Gasteiger partial charge in [0.15, 0.2) is 0 Å². The van der Waals surface area contributed by atoms with E-state index in [9.17, 15) is 4.79 Å². The van der Waals surface area contributed by atoms with Gasteiger partial charge in [0.05, 0.1) is 0 Å². The molecule has 1 N–H and O–H groups in total. The first-order valence-corrected chi connectivity index (χ1v) is 11.9. The number of para-hydroxylation sites is 1. The van der Waals surface area contributed by atoms with Crippen LogP contribution < -0.4 is 10.5 Å². The summed E-state index contributed by atoms with van der Waals surface area (Å²) in [5, 5.41) is 1.01. The number of aryl methyl sites for hydroxylation is 1. The van der Waals surface area contributed by atoms with E-state index in [-0.39, 0.29) is 11.0 Å². The highest BCUT2D eigenvalue weighted by molar-refractivity contribution is 6.04. The predicted molar refractivity (Wildman–Crippen MR) is 136 cm³/mol. The second kappa shape index (κ2) is 8.34. The topological polar surface area (TPSA) is 57.2 Å². The molecule has 5 rings (SSSR count). The van der Waals surface area contributed by atoms with Gasteiger partial charge in [0, 0.05) is 55.9 Å².